The predicted octanol–water partition coefficient (Wildman–Crippen LogP) is 16.0. The molecule has 0 saturated heterocycles. The molecule has 3 aromatic rings. The molecule has 0 amide bonds. The fourth-order valence-electron chi connectivity index (χ4n) is 6.58. The molecule has 57 heavy (non-hydrogen) atoms. The highest BCUT2D eigenvalue weighted by Crippen LogP contribution is 2.31. The van der Waals surface area contributed by atoms with Gasteiger partial charge in [0.2, 0.25) is 0 Å². The minimum atomic E-state index is 0.785. The van der Waals surface area contributed by atoms with Crippen molar-refractivity contribution < 1.29 is 0 Å². The Morgan fingerprint density at radius 2 is 1.44 bits per heavy atom. The van der Waals surface area contributed by atoms with E-state index in [1.165, 1.54) is 39.1 Å². The van der Waals surface area contributed by atoms with Crippen molar-refractivity contribution in [1.82, 2.24) is 0 Å². The van der Waals surface area contributed by atoms with Crippen LogP contribution in [0, 0.1) is 0 Å². The molecule has 0 aromatic heterocycles. The number of anilines is 3. The molecule has 1 aliphatic carbocycles. The lowest BCUT2D eigenvalue weighted by Crippen LogP contribution is -2.19. The highest BCUT2D eigenvalue weighted by Gasteiger charge is 2.13. The number of hydrogen-bond donors (Lipinski definition) is 0. The van der Waals surface area contributed by atoms with Gasteiger partial charge in [-0.25, -0.2) is 0 Å². The second-order valence-corrected chi connectivity index (χ2v) is 13.8. The van der Waals surface area contributed by atoms with Crippen LogP contribution >= 0.6 is 0 Å². The minimum absolute atomic E-state index is 0.785. The van der Waals surface area contributed by atoms with E-state index in [2.05, 4.69) is 246 Å². The van der Waals surface area contributed by atoms with E-state index >= 15 is 0 Å². The Morgan fingerprint density at radius 1 is 0.684 bits per heavy atom. The molecule has 2 nitrogen and oxygen atoms in total. The topological polar surface area (TPSA) is 6.48 Å². The highest BCUT2D eigenvalue weighted by atomic mass is 15.1. The van der Waals surface area contributed by atoms with Gasteiger partial charge in [0, 0.05) is 34.7 Å². The van der Waals surface area contributed by atoms with Crippen LogP contribution in [0.5, 0.6) is 0 Å². The third-order valence-electron chi connectivity index (χ3n) is 9.76. The summed E-state index contributed by atoms with van der Waals surface area (Å²) in [7, 11) is 0. The zero-order valence-electron chi connectivity index (χ0n) is 35.3. The zero-order chi connectivity index (χ0) is 40.7. The monoisotopic (exact) mass is 750 g/mol. The van der Waals surface area contributed by atoms with Crippen molar-refractivity contribution in [3.8, 4) is 0 Å². The lowest BCUT2D eigenvalue weighted by atomic mass is 9.93. The van der Waals surface area contributed by atoms with Crippen LogP contribution in [0.4, 0.5) is 17.1 Å². The van der Waals surface area contributed by atoms with E-state index in [-0.39, 0.29) is 0 Å². The first-order valence-corrected chi connectivity index (χ1v) is 20.4. The standard InChI is InChI=1S/C55H62N2/c1-8-14-21-32-52(13-6)57(45(7)11-4)55-35-26-28-47(43-55)42-46(27-15-9-2)40-41-56(53-33-24-20-25-34-53)54-38-36-50(37-39-54)48(12-5)44-51(29-16-10-3)49-30-22-18-17-19-23-31-49/h8-16,18-28,30,32-41,43-44H,17,29,31,42H2,1-7H3/b14-8-,15-9-,16-10-,22-18-,23-19-,32-21-,41-40+,45-11+,46-27+,48-12+,49-30+,51-44+,52-13-. The molecule has 0 unspecified atom stereocenters. The number of nitrogens with zero attached hydrogens (tertiary/aromatic N) is 2. The Balaban J connectivity index is 1.68. The third kappa shape index (κ3) is 13.5. The van der Waals surface area contributed by atoms with Crippen molar-refractivity contribution in [3.63, 3.8) is 0 Å². The largest absolute Gasteiger partial charge is 0.317 e. The number of para-hydroxylation sites is 1. The summed E-state index contributed by atoms with van der Waals surface area (Å²) in [5.74, 6) is 0. The van der Waals surface area contributed by atoms with Gasteiger partial charge in [-0.3, -0.25) is 0 Å². The van der Waals surface area contributed by atoms with Crippen LogP contribution in [0.3, 0.4) is 0 Å². The number of allylic oxidation sites excluding steroid dienone is 24. The van der Waals surface area contributed by atoms with E-state index in [1.54, 1.807) is 0 Å². The summed E-state index contributed by atoms with van der Waals surface area (Å²) in [5.41, 5.74) is 13.2. The molecule has 0 radical (unpaired) electrons. The van der Waals surface area contributed by atoms with E-state index in [9.17, 15) is 0 Å². The van der Waals surface area contributed by atoms with Gasteiger partial charge in [-0.05, 0) is 156 Å². The van der Waals surface area contributed by atoms with Gasteiger partial charge in [-0.1, -0.05) is 146 Å². The summed E-state index contributed by atoms with van der Waals surface area (Å²) in [6, 6.07) is 28.4. The molecular formula is C55H62N2. The Hall–Kier alpha value is -6.12. The SMILES string of the molecule is C\C=C/C=C\C(=C\C)N(/C(C)=C/C)c1cccc(CC(=C/C=C\C)/C=C/N(c2ccccc2)c2ccc(C(/C=C(C/C=C\C)/C3=C/C=C\C/C=C\C3)=C/C)cc2)c1. The van der Waals surface area contributed by atoms with Crippen molar-refractivity contribution in [2.24, 2.45) is 0 Å². The summed E-state index contributed by atoms with van der Waals surface area (Å²) >= 11 is 0. The second-order valence-electron chi connectivity index (χ2n) is 13.8. The Kier molecular flexibility index (Phi) is 18.7. The van der Waals surface area contributed by atoms with E-state index in [4.69, 9.17) is 0 Å². The minimum Gasteiger partial charge on any atom is -0.317 e. The maximum atomic E-state index is 2.37. The zero-order valence-corrected chi connectivity index (χ0v) is 35.3. The molecule has 0 atom stereocenters. The van der Waals surface area contributed by atoms with Gasteiger partial charge in [-0.2, -0.15) is 0 Å². The molecule has 0 aliphatic heterocycles. The van der Waals surface area contributed by atoms with Crippen molar-refractivity contribution >= 4 is 22.6 Å². The number of benzene rings is 3. The molecule has 3 aromatic carbocycles. The summed E-state index contributed by atoms with van der Waals surface area (Å²) in [6.45, 7) is 14.7. The molecule has 0 saturated carbocycles. The first kappa shape index (κ1) is 43.6. The molecule has 0 bridgehead atoms. The second kappa shape index (κ2) is 24.4. The molecular weight excluding hydrogens is 689 g/mol. The Labute approximate surface area is 345 Å². The molecule has 2 heteroatoms. The maximum absolute atomic E-state index is 2.37. The molecule has 0 N–H and O–H groups in total. The lowest BCUT2D eigenvalue weighted by Gasteiger charge is -2.27. The summed E-state index contributed by atoms with van der Waals surface area (Å²) in [5, 5.41) is 0. The van der Waals surface area contributed by atoms with Crippen LogP contribution in [-0.2, 0) is 6.42 Å². The van der Waals surface area contributed by atoms with Crippen molar-refractivity contribution in [2.45, 2.75) is 74.1 Å². The van der Waals surface area contributed by atoms with Crippen LogP contribution < -0.4 is 9.80 Å². The molecule has 0 fully saturated rings. The van der Waals surface area contributed by atoms with E-state index < -0.39 is 0 Å². The van der Waals surface area contributed by atoms with Crippen LogP contribution in [0.1, 0.15) is 78.9 Å². The fraction of sp³-hybridized carbons (Fsp3) is 0.200. The molecule has 292 valence electrons. The number of rotatable bonds is 17. The van der Waals surface area contributed by atoms with E-state index in [0.29, 0.717) is 0 Å². The summed E-state index contributed by atoms with van der Waals surface area (Å²) in [6.07, 6.45) is 47.4. The van der Waals surface area contributed by atoms with Crippen molar-refractivity contribution in [1.29, 1.82) is 0 Å². The maximum Gasteiger partial charge on any atom is 0.0460 e. The molecule has 1 aliphatic rings. The van der Waals surface area contributed by atoms with Crippen molar-refractivity contribution in [3.05, 3.63) is 240 Å². The van der Waals surface area contributed by atoms with Gasteiger partial charge in [0.05, 0.1) is 0 Å². The smallest absolute Gasteiger partial charge is 0.0460 e. The predicted molar refractivity (Wildman–Crippen MR) is 254 cm³/mol. The fourth-order valence-corrected chi connectivity index (χ4v) is 6.58. The van der Waals surface area contributed by atoms with Gasteiger partial charge in [0.15, 0.2) is 0 Å². The Morgan fingerprint density at radius 3 is 2.14 bits per heavy atom. The quantitative estimate of drug-likeness (QED) is 0.100. The van der Waals surface area contributed by atoms with Gasteiger partial charge in [0.1, 0.15) is 0 Å². The highest BCUT2D eigenvalue weighted by molar-refractivity contribution is 5.78. The van der Waals surface area contributed by atoms with Gasteiger partial charge in [-0.15, -0.1) is 0 Å². The third-order valence-corrected chi connectivity index (χ3v) is 9.76. The van der Waals surface area contributed by atoms with Crippen molar-refractivity contribution in [2.75, 3.05) is 9.80 Å². The molecule has 4 rings (SSSR count). The average Bonchev–Trinajstić information content (AvgIpc) is 3.23. The Bertz CT molecular complexity index is 2130. The van der Waals surface area contributed by atoms with Crippen LogP contribution in [-0.4, -0.2) is 0 Å². The van der Waals surface area contributed by atoms with Gasteiger partial charge in [0.25, 0.3) is 0 Å². The lowest BCUT2D eigenvalue weighted by molar-refractivity contribution is 1.08. The first-order chi connectivity index (χ1) is 28.0. The summed E-state index contributed by atoms with van der Waals surface area (Å²) in [4.78, 5) is 4.59. The number of hydrogen-bond acceptors (Lipinski definition) is 2. The molecule has 0 spiro atoms. The normalized spacial score (nSPS) is 17.1. The van der Waals surface area contributed by atoms with Crippen LogP contribution in [0.25, 0.3) is 5.57 Å². The van der Waals surface area contributed by atoms with Gasteiger partial charge < -0.3 is 9.80 Å². The van der Waals surface area contributed by atoms with E-state index in [0.717, 1.165) is 48.4 Å². The average molecular weight is 751 g/mol. The van der Waals surface area contributed by atoms with E-state index in [1.807, 2.05) is 13.0 Å². The summed E-state index contributed by atoms with van der Waals surface area (Å²) < 4.78 is 0. The van der Waals surface area contributed by atoms with Crippen LogP contribution in [0.2, 0.25) is 0 Å². The molecule has 0 heterocycles. The first-order valence-electron chi connectivity index (χ1n) is 20.4. The van der Waals surface area contributed by atoms with Gasteiger partial charge >= 0.3 is 0 Å². The van der Waals surface area contributed by atoms with Crippen LogP contribution in [0.15, 0.2) is 229 Å².